The summed E-state index contributed by atoms with van der Waals surface area (Å²) < 4.78 is 67.3. The van der Waals surface area contributed by atoms with Crippen molar-refractivity contribution in [1.29, 1.82) is 0 Å². The molecule has 1 fully saturated rings. The highest BCUT2D eigenvalue weighted by atomic mass is 35.5. The Morgan fingerprint density at radius 2 is 1.91 bits per heavy atom. The Bertz CT molecular complexity index is 1420. The van der Waals surface area contributed by atoms with Crippen molar-refractivity contribution in [3.63, 3.8) is 0 Å². The monoisotopic (exact) mass is 530 g/mol. The number of nitrogens with zero attached hydrogens (tertiary/aromatic N) is 2. The quantitative estimate of drug-likeness (QED) is 0.488. The van der Waals surface area contributed by atoms with Crippen LogP contribution in [0.5, 0.6) is 0 Å². The van der Waals surface area contributed by atoms with Crippen molar-refractivity contribution < 1.29 is 26.4 Å². The molecule has 180 valence electrons. The van der Waals surface area contributed by atoms with Gasteiger partial charge in [0, 0.05) is 27.1 Å². The fourth-order valence-corrected chi connectivity index (χ4v) is 5.58. The van der Waals surface area contributed by atoms with Crippen LogP contribution in [0.15, 0.2) is 30.5 Å². The van der Waals surface area contributed by atoms with Crippen LogP contribution < -0.4 is 15.4 Å². The Hall–Kier alpha value is -2.83. The lowest BCUT2D eigenvalue weighted by molar-refractivity contribution is -0.0263. The van der Waals surface area contributed by atoms with Crippen LogP contribution >= 0.6 is 22.9 Å². The molecule has 0 unspecified atom stereocenters. The van der Waals surface area contributed by atoms with Crippen molar-refractivity contribution >= 4 is 50.2 Å². The maximum absolute atomic E-state index is 15.2. The third-order valence-electron chi connectivity index (χ3n) is 5.07. The molecule has 1 amide bonds. The molecule has 3 aromatic rings. The van der Waals surface area contributed by atoms with E-state index in [1.54, 1.807) is 6.92 Å². The first-order valence-electron chi connectivity index (χ1n) is 9.75. The summed E-state index contributed by atoms with van der Waals surface area (Å²) in [6.45, 7) is 0.600. The highest BCUT2D eigenvalue weighted by molar-refractivity contribution is 7.92. The van der Waals surface area contributed by atoms with Gasteiger partial charge in [-0.1, -0.05) is 11.6 Å². The van der Waals surface area contributed by atoms with Crippen LogP contribution in [-0.2, 0) is 10.0 Å². The second kappa shape index (κ2) is 8.43. The molecule has 13 heteroatoms. The lowest BCUT2D eigenvalue weighted by Gasteiger charge is -2.40. The normalized spacial score (nSPS) is 15.2. The molecule has 3 heterocycles. The molecule has 0 atom stereocenters. The Kier molecular flexibility index (Phi) is 6.03. The molecule has 0 bridgehead atoms. The molecule has 0 saturated carbocycles. The third-order valence-corrected chi connectivity index (χ3v) is 7.02. The number of carbonyl (C=O) groups is 1. The number of nitrogens with two attached hydrogens (primary N) is 1. The second-order valence-corrected chi connectivity index (χ2v) is 11.4. The Balaban J connectivity index is 1.86. The number of aromatic nitrogens is 1. The SMILES string of the molecule is Cc1sc(C(N)=O)c(-c2cc(Cl)cc(NS(C)(=O)=O)c2)c1-c1ncc(N2CC(F)(F)C2)cc1F. The minimum atomic E-state index is -3.63. The maximum atomic E-state index is 15.2. The topological polar surface area (TPSA) is 105 Å². The van der Waals surface area contributed by atoms with Crippen molar-refractivity contribution in [3.8, 4) is 22.4 Å². The fourth-order valence-electron chi connectivity index (χ4n) is 3.77. The van der Waals surface area contributed by atoms with Gasteiger partial charge in [-0.2, -0.15) is 0 Å². The van der Waals surface area contributed by atoms with E-state index in [1.165, 1.54) is 29.3 Å². The number of hydrogen-bond acceptors (Lipinski definition) is 6. The van der Waals surface area contributed by atoms with Gasteiger partial charge in [-0.3, -0.25) is 14.5 Å². The molecule has 34 heavy (non-hydrogen) atoms. The van der Waals surface area contributed by atoms with E-state index >= 15 is 4.39 Å². The number of thiophene rings is 1. The fraction of sp³-hybridized carbons (Fsp3) is 0.238. The molecule has 1 saturated heterocycles. The van der Waals surface area contributed by atoms with E-state index in [9.17, 15) is 22.0 Å². The molecule has 7 nitrogen and oxygen atoms in total. The number of rotatable bonds is 6. The Morgan fingerprint density at radius 1 is 1.24 bits per heavy atom. The first-order chi connectivity index (χ1) is 15.7. The van der Waals surface area contributed by atoms with E-state index in [4.69, 9.17) is 17.3 Å². The van der Waals surface area contributed by atoms with Gasteiger partial charge in [0.2, 0.25) is 10.0 Å². The predicted molar refractivity (Wildman–Crippen MR) is 127 cm³/mol. The maximum Gasteiger partial charge on any atom is 0.282 e. The standard InChI is InChI=1S/C21H18ClF3N4O3S2/c1-10-16(18-15(23)6-14(7-27-18)29-8-21(24,25)9-29)17(19(33-10)20(26)30)11-3-12(22)5-13(4-11)28-34(2,31)32/h3-7,28H,8-9H2,1-2H3,(H2,26,30). The zero-order chi connectivity index (χ0) is 25.0. The number of hydrogen-bond donors (Lipinski definition) is 2. The molecule has 0 spiro atoms. The van der Waals surface area contributed by atoms with Gasteiger partial charge < -0.3 is 10.6 Å². The number of primary amides is 1. The van der Waals surface area contributed by atoms with Crippen LogP contribution in [0.3, 0.4) is 0 Å². The van der Waals surface area contributed by atoms with Gasteiger partial charge in [0.25, 0.3) is 11.8 Å². The van der Waals surface area contributed by atoms with Gasteiger partial charge in [0.15, 0.2) is 5.82 Å². The van der Waals surface area contributed by atoms with Crippen LogP contribution in [0.4, 0.5) is 24.5 Å². The van der Waals surface area contributed by atoms with Crippen molar-refractivity contribution in [2.45, 2.75) is 12.8 Å². The zero-order valence-electron chi connectivity index (χ0n) is 17.8. The number of sulfonamides is 1. The first-order valence-corrected chi connectivity index (χ1v) is 12.8. The summed E-state index contributed by atoms with van der Waals surface area (Å²) in [5.41, 5.74) is 6.64. The van der Waals surface area contributed by atoms with Crippen LogP contribution in [-0.4, -0.2) is 44.6 Å². The minimum absolute atomic E-state index is 0.104. The number of pyridine rings is 1. The van der Waals surface area contributed by atoms with Crippen molar-refractivity contribution in [1.82, 2.24) is 4.98 Å². The largest absolute Gasteiger partial charge is 0.365 e. The number of amides is 1. The second-order valence-electron chi connectivity index (χ2n) is 7.94. The van der Waals surface area contributed by atoms with Gasteiger partial charge in [-0.15, -0.1) is 11.3 Å². The molecule has 2 aromatic heterocycles. The molecular weight excluding hydrogens is 513 g/mol. The van der Waals surface area contributed by atoms with Gasteiger partial charge in [0.1, 0.15) is 10.6 Å². The molecule has 4 rings (SSSR count). The van der Waals surface area contributed by atoms with Gasteiger partial charge in [-0.25, -0.2) is 21.6 Å². The summed E-state index contributed by atoms with van der Waals surface area (Å²) in [5, 5.41) is 0.163. The molecule has 1 aliphatic heterocycles. The predicted octanol–water partition coefficient (Wildman–Crippen LogP) is 4.50. The third kappa shape index (κ3) is 4.84. The summed E-state index contributed by atoms with van der Waals surface area (Å²) >= 11 is 7.22. The average Bonchev–Trinajstić information content (AvgIpc) is 3.01. The molecule has 0 radical (unpaired) electrons. The number of nitrogens with one attached hydrogen (secondary N) is 1. The van der Waals surface area contributed by atoms with E-state index in [1.807, 2.05) is 0 Å². The first kappa shape index (κ1) is 24.3. The van der Waals surface area contributed by atoms with E-state index in [2.05, 4.69) is 9.71 Å². The highest BCUT2D eigenvalue weighted by Gasteiger charge is 2.44. The molecule has 0 aliphatic carbocycles. The lowest BCUT2D eigenvalue weighted by atomic mass is 9.96. The summed E-state index contributed by atoms with van der Waals surface area (Å²) in [7, 11) is -3.63. The van der Waals surface area contributed by atoms with E-state index < -0.39 is 40.8 Å². The van der Waals surface area contributed by atoms with Crippen LogP contribution in [0, 0.1) is 12.7 Å². The summed E-state index contributed by atoms with van der Waals surface area (Å²) in [4.78, 5) is 18.3. The summed E-state index contributed by atoms with van der Waals surface area (Å²) in [6, 6.07) is 5.42. The number of halogens is 4. The number of alkyl halides is 2. The van der Waals surface area contributed by atoms with Gasteiger partial charge >= 0.3 is 0 Å². The number of aryl methyl sites for hydroxylation is 1. The van der Waals surface area contributed by atoms with Crippen molar-refractivity contribution in [2.24, 2.45) is 5.73 Å². The number of carbonyl (C=O) groups excluding carboxylic acids is 1. The van der Waals surface area contributed by atoms with Crippen molar-refractivity contribution in [3.05, 3.63) is 51.1 Å². The van der Waals surface area contributed by atoms with Crippen LogP contribution in [0.25, 0.3) is 22.4 Å². The minimum Gasteiger partial charge on any atom is -0.365 e. The van der Waals surface area contributed by atoms with Crippen LogP contribution in [0.1, 0.15) is 14.5 Å². The Morgan fingerprint density at radius 3 is 2.47 bits per heavy atom. The van der Waals surface area contributed by atoms with Crippen molar-refractivity contribution in [2.75, 3.05) is 29.0 Å². The molecule has 1 aromatic carbocycles. The zero-order valence-corrected chi connectivity index (χ0v) is 20.2. The Labute approximate surface area is 202 Å². The smallest absolute Gasteiger partial charge is 0.282 e. The van der Waals surface area contributed by atoms with E-state index in [0.717, 1.165) is 23.7 Å². The summed E-state index contributed by atoms with van der Waals surface area (Å²) in [5.74, 6) is -4.37. The van der Waals surface area contributed by atoms with Gasteiger partial charge in [0.05, 0.1) is 36.9 Å². The molecular formula is C21H18ClF3N4O3S2. The highest BCUT2D eigenvalue weighted by Crippen LogP contribution is 2.45. The van der Waals surface area contributed by atoms with Gasteiger partial charge in [-0.05, 0) is 30.7 Å². The number of anilines is 2. The molecule has 1 aliphatic rings. The van der Waals surface area contributed by atoms with Crippen LogP contribution in [0.2, 0.25) is 5.02 Å². The van der Waals surface area contributed by atoms with E-state index in [0.29, 0.717) is 10.4 Å². The average molecular weight is 531 g/mol. The summed E-state index contributed by atoms with van der Waals surface area (Å²) in [6.07, 6.45) is 2.25. The lowest BCUT2D eigenvalue weighted by Crippen LogP contribution is -2.56. The van der Waals surface area contributed by atoms with E-state index in [-0.39, 0.29) is 38.1 Å². The number of benzene rings is 1. The molecule has 3 N–H and O–H groups in total.